The second-order valence-electron chi connectivity index (χ2n) is 8.70. The number of nitrogens with one attached hydrogen (secondary N) is 1. The molecular weight excluding hydrogens is 294 g/mol. The molecule has 0 aliphatic carbocycles. The van der Waals surface area contributed by atoms with Gasteiger partial charge in [0, 0.05) is 13.0 Å². The molecule has 1 fully saturated rings. The highest BCUT2D eigenvalue weighted by Gasteiger charge is 2.41. The average Bonchev–Trinajstić information content (AvgIpc) is 2.80. The number of nitrogens with zero attached hydrogens (tertiary/aromatic N) is 1. The molecule has 1 rings (SSSR count). The van der Waals surface area contributed by atoms with E-state index in [-0.39, 0.29) is 17.2 Å². The summed E-state index contributed by atoms with van der Waals surface area (Å²) in [5.41, 5.74) is 4.80. The van der Waals surface area contributed by atoms with Crippen LogP contribution in [0.15, 0.2) is 0 Å². The second kappa shape index (κ2) is 6.89. The Morgan fingerprint density at radius 3 is 2.17 bits per heavy atom. The highest BCUT2D eigenvalue weighted by molar-refractivity contribution is 5.92. The molecular formula is C17H31N3O3. The van der Waals surface area contributed by atoms with E-state index in [1.807, 2.05) is 41.5 Å². The molecule has 1 aliphatic heterocycles. The lowest BCUT2D eigenvalue weighted by Crippen LogP contribution is -2.57. The minimum atomic E-state index is -0.669. The van der Waals surface area contributed by atoms with E-state index in [0.29, 0.717) is 19.4 Å². The number of hydrogen-bond acceptors (Lipinski definition) is 3. The maximum atomic E-state index is 12.9. The molecule has 0 aromatic carbocycles. The van der Waals surface area contributed by atoms with Crippen LogP contribution in [0.25, 0.3) is 0 Å². The monoisotopic (exact) mass is 325 g/mol. The van der Waals surface area contributed by atoms with Crippen LogP contribution in [0.4, 0.5) is 0 Å². The van der Waals surface area contributed by atoms with Gasteiger partial charge in [0.25, 0.3) is 0 Å². The maximum absolute atomic E-state index is 12.9. The lowest BCUT2D eigenvalue weighted by molar-refractivity contribution is -0.143. The maximum Gasteiger partial charge on any atom is 0.246 e. The van der Waals surface area contributed by atoms with Crippen LogP contribution in [0.2, 0.25) is 0 Å². The third kappa shape index (κ3) is 5.52. The predicted molar refractivity (Wildman–Crippen MR) is 89.4 cm³/mol. The third-order valence-electron chi connectivity index (χ3n) is 3.97. The van der Waals surface area contributed by atoms with Gasteiger partial charge in [-0.2, -0.15) is 0 Å². The highest BCUT2D eigenvalue weighted by atomic mass is 16.2. The van der Waals surface area contributed by atoms with Crippen LogP contribution in [0, 0.1) is 10.8 Å². The Kier molecular flexibility index (Phi) is 5.83. The summed E-state index contributed by atoms with van der Waals surface area (Å²) in [6.07, 6.45) is 1.69. The normalized spacial score (nSPS) is 20.3. The summed E-state index contributed by atoms with van der Waals surface area (Å²) in [6.45, 7) is 12.2. The molecule has 3 N–H and O–H groups in total. The Hall–Kier alpha value is -1.59. The molecule has 1 aliphatic rings. The van der Waals surface area contributed by atoms with Crippen molar-refractivity contribution < 1.29 is 14.4 Å². The van der Waals surface area contributed by atoms with E-state index in [4.69, 9.17) is 5.73 Å². The molecule has 3 amide bonds. The summed E-state index contributed by atoms with van der Waals surface area (Å²) in [6, 6.07) is -1.23. The molecule has 6 nitrogen and oxygen atoms in total. The largest absolute Gasteiger partial charge is 0.368 e. The first-order chi connectivity index (χ1) is 10.3. The molecule has 0 spiro atoms. The van der Waals surface area contributed by atoms with E-state index in [9.17, 15) is 14.4 Å². The first-order valence-electron chi connectivity index (χ1n) is 8.22. The first kappa shape index (κ1) is 19.5. The van der Waals surface area contributed by atoms with Gasteiger partial charge in [-0.3, -0.25) is 14.4 Å². The molecule has 6 heteroatoms. The minimum Gasteiger partial charge on any atom is -0.368 e. The van der Waals surface area contributed by atoms with Gasteiger partial charge in [0.2, 0.25) is 17.7 Å². The number of likely N-dealkylation sites (tertiary alicyclic amines) is 1. The highest BCUT2D eigenvalue weighted by Crippen LogP contribution is 2.26. The predicted octanol–water partition coefficient (Wildman–Crippen LogP) is 1.43. The Morgan fingerprint density at radius 1 is 1.17 bits per heavy atom. The molecule has 0 radical (unpaired) electrons. The van der Waals surface area contributed by atoms with E-state index in [2.05, 4.69) is 5.32 Å². The number of carbonyl (C=O) groups is 3. The lowest BCUT2D eigenvalue weighted by atomic mass is 9.84. The summed E-state index contributed by atoms with van der Waals surface area (Å²) in [4.78, 5) is 38.3. The number of hydrogen-bond donors (Lipinski definition) is 2. The summed E-state index contributed by atoms with van der Waals surface area (Å²) in [5, 5.41) is 2.87. The van der Waals surface area contributed by atoms with Crippen LogP contribution in [0.3, 0.4) is 0 Å². The minimum absolute atomic E-state index is 0.152. The van der Waals surface area contributed by atoms with E-state index in [1.54, 1.807) is 0 Å². The van der Waals surface area contributed by atoms with Crippen molar-refractivity contribution in [2.75, 3.05) is 6.54 Å². The summed E-state index contributed by atoms with van der Waals surface area (Å²) in [5.74, 6) is -0.855. The quantitative estimate of drug-likeness (QED) is 0.819. The Balaban J connectivity index is 2.92. The molecule has 0 unspecified atom stereocenters. The van der Waals surface area contributed by atoms with E-state index in [0.717, 1.165) is 6.42 Å². The van der Waals surface area contributed by atoms with E-state index < -0.39 is 23.4 Å². The summed E-state index contributed by atoms with van der Waals surface area (Å²) < 4.78 is 0. The number of primary amides is 1. The van der Waals surface area contributed by atoms with Crippen molar-refractivity contribution in [2.45, 2.75) is 72.9 Å². The van der Waals surface area contributed by atoms with Gasteiger partial charge in [-0.1, -0.05) is 41.5 Å². The van der Waals surface area contributed by atoms with Gasteiger partial charge < -0.3 is 16.0 Å². The smallest absolute Gasteiger partial charge is 0.246 e. The number of amides is 3. The molecule has 0 saturated carbocycles. The van der Waals surface area contributed by atoms with E-state index in [1.165, 1.54) is 4.90 Å². The van der Waals surface area contributed by atoms with Crippen molar-refractivity contribution in [3.8, 4) is 0 Å². The summed E-state index contributed by atoms with van der Waals surface area (Å²) >= 11 is 0. The van der Waals surface area contributed by atoms with Crippen LogP contribution in [-0.2, 0) is 14.4 Å². The standard InChI is InChI=1S/C17H31N3O3/c1-16(2,3)10-12(21)19-13(17(4,5)6)15(23)20-9-7-8-11(20)14(18)22/h11,13H,7-10H2,1-6H3,(H2,18,22)(H,19,21)/t11-,13+/m0/s1. The van der Waals surface area contributed by atoms with Gasteiger partial charge in [-0.25, -0.2) is 0 Å². The van der Waals surface area contributed by atoms with Crippen LogP contribution in [-0.4, -0.2) is 41.2 Å². The van der Waals surface area contributed by atoms with Crippen molar-refractivity contribution in [2.24, 2.45) is 16.6 Å². The average molecular weight is 325 g/mol. The van der Waals surface area contributed by atoms with Gasteiger partial charge in [-0.15, -0.1) is 0 Å². The fourth-order valence-corrected chi connectivity index (χ4v) is 2.83. The zero-order valence-corrected chi connectivity index (χ0v) is 15.2. The van der Waals surface area contributed by atoms with Crippen molar-refractivity contribution in [1.29, 1.82) is 0 Å². The zero-order chi connectivity index (χ0) is 18.0. The van der Waals surface area contributed by atoms with Crippen molar-refractivity contribution in [3.63, 3.8) is 0 Å². The molecule has 0 aromatic heterocycles. The number of rotatable bonds is 4. The number of nitrogens with two attached hydrogens (primary N) is 1. The molecule has 23 heavy (non-hydrogen) atoms. The Bertz CT molecular complexity index is 474. The van der Waals surface area contributed by atoms with Crippen molar-refractivity contribution >= 4 is 17.7 Å². The van der Waals surface area contributed by atoms with Gasteiger partial charge in [0.05, 0.1) is 0 Å². The first-order valence-corrected chi connectivity index (χ1v) is 8.22. The molecule has 0 aromatic rings. The number of carbonyl (C=O) groups excluding carboxylic acids is 3. The van der Waals surface area contributed by atoms with E-state index >= 15 is 0 Å². The third-order valence-corrected chi connectivity index (χ3v) is 3.97. The van der Waals surface area contributed by atoms with Crippen LogP contribution in [0.1, 0.15) is 60.8 Å². The van der Waals surface area contributed by atoms with Gasteiger partial charge in [-0.05, 0) is 23.7 Å². The fourth-order valence-electron chi connectivity index (χ4n) is 2.83. The lowest BCUT2D eigenvalue weighted by Gasteiger charge is -2.35. The van der Waals surface area contributed by atoms with Gasteiger partial charge in [0.15, 0.2) is 0 Å². The van der Waals surface area contributed by atoms with Crippen LogP contribution in [0.5, 0.6) is 0 Å². The Morgan fingerprint density at radius 2 is 1.74 bits per heavy atom. The molecule has 0 bridgehead atoms. The molecule has 132 valence electrons. The van der Waals surface area contributed by atoms with Gasteiger partial charge >= 0.3 is 0 Å². The van der Waals surface area contributed by atoms with Gasteiger partial charge in [0.1, 0.15) is 12.1 Å². The SMILES string of the molecule is CC(C)(C)CC(=O)N[C@H](C(=O)N1CCC[C@H]1C(N)=O)C(C)(C)C. The van der Waals surface area contributed by atoms with Crippen LogP contribution >= 0.6 is 0 Å². The second-order valence-corrected chi connectivity index (χ2v) is 8.70. The fraction of sp³-hybridized carbons (Fsp3) is 0.824. The Labute approximate surface area is 139 Å². The van der Waals surface area contributed by atoms with Crippen LogP contribution < -0.4 is 11.1 Å². The molecule has 2 atom stereocenters. The zero-order valence-electron chi connectivity index (χ0n) is 15.2. The molecule has 1 saturated heterocycles. The van der Waals surface area contributed by atoms with Crippen molar-refractivity contribution in [1.82, 2.24) is 10.2 Å². The topological polar surface area (TPSA) is 92.5 Å². The molecule has 1 heterocycles. The van der Waals surface area contributed by atoms with Crippen molar-refractivity contribution in [3.05, 3.63) is 0 Å². The summed E-state index contributed by atoms with van der Waals surface area (Å²) in [7, 11) is 0.